The molecule has 2 aromatic rings. The number of hydrogen-bond acceptors (Lipinski definition) is 5. The summed E-state index contributed by atoms with van der Waals surface area (Å²) in [7, 11) is 1.32. The van der Waals surface area contributed by atoms with E-state index in [4.69, 9.17) is 0 Å². The van der Waals surface area contributed by atoms with Crippen LogP contribution in [-0.4, -0.2) is 49.4 Å². The fraction of sp³-hybridized carbons (Fsp3) is 0.318. The van der Waals surface area contributed by atoms with Crippen LogP contribution in [0.4, 0.5) is 11.4 Å². The van der Waals surface area contributed by atoms with E-state index in [2.05, 4.69) is 15.4 Å². The number of rotatable bonds is 6. The number of carbonyl (C=O) groups excluding carboxylic acids is 3. The van der Waals surface area contributed by atoms with Crippen LogP contribution in [0.15, 0.2) is 42.5 Å². The van der Waals surface area contributed by atoms with Gasteiger partial charge in [-0.2, -0.15) is 0 Å². The van der Waals surface area contributed by atoms with Gasteiger partial charge >= 0.3 is 5.97 Å². The first-order chi connectivity index (χ1) is 14.0. The minimum atomic E-state index is -0.431. The minimum absolute atomic E-state index is 0.00177. The first kappa shape index (κ1) is 20.4. The Labute approximate surface area is 170 Å². The summed E-state index contributed by atoms with van der Waals surface area (Å²) in [5.74, 6) is -0.682. The first-order valence-electron chi connectivity index (χ1n) is 9.60. The van der Waals surface area contributed by atoms with Crippen molar-refractivity contribution in [1.29, 1.82) is 0 Å². The molecule has 0 atom stereocenters. The van der Waals surface area contributed by atoms with Crippen LogP contribution in [0.3, 0.4) is 0 Å². The highest BCUT2D eigenvalue weighted by molar-refractivity contribution is 6.02. The molecule has 29 heavy (non-hydrogen) atoms. The Kier molecular flexibility index (Phi) is 6.49. The summed E-state index contributed by atoms with van der Waals surface area (Å²) < 4.78 is 4.65. The summed E-state index contributed by atoms with van der Waals surface area (Å²) in [5.41, 5.74) is 3.13. The third-order valence-electron chi connectivity index (χ3n) is 4.91. The predicted octanol–water partition coefficient (Wildman–Crippen LogP) is 3.07. The maximum atomic E-state index is 12.9. The van der Waals surface area contributed by atoms with Gasteiger partial charge in [-0.1, -0.05) is 12.1 Å². The molecule has 152 valence electrons. The van der Waals surface area contributed by atoms with E-state index in [-0.39, 0.29) is 18.4 Å². The zero-order chi connectivity index (χ0) is 20.8. The number of amides is 2. The SMILES string of the molecule is COC(=O)c1ccc(NC(=O)CNc2cccc(C)c2C(=O)N2CCCC2)cc1. The van der Waals surface area contributed by atoms with Crippen LogP contribution in [-0.2, 0) is 9.53 Å². The Hall–Kier alpha value is -3.35. The zero-order valence-electron chi connectivity index (χ0n) is 16.7. The fourth-order valence-corrected chi connectivity index (χ4v) is 3.37. The Balaban J connectivity index is 1.63. The topological polar surface area (TPSA) is 87.7 Å². The van der Waals surface area contributed by atoms with Gasteiger partial charge in [-0.25, -0.2) is 4.79 Å². The molecule has 0 aliphatic carbocycles. The van der Waals surface area contributed by atoms with Gasteiger partial charge in [0.2, 0.25) is 5.91 Å². The molecule has 0 saturated carbocycles. The van der Waals surface area contributed by atoms with Gasteiger partial charge in [0, 0.05) is 24.5 Å². The number of nitrogens with one attached hydrogen (secondary N) is 2. The number of carbonyl (C=O) groups is 3. The summed E-state index contributed by atoms with van der Waals surface area (Å²) in [6.45, 7) is 3.46. The number of anilines is 2. The highest BCUT2D eigenvalue weighted by atomic mass is 16.5. The van der Waals surface area contributed by atoms with E-state index < -0.39 is 5.97 Å². The molecule has 1 heterocycles. The number of methoxy groups -OCH3 is 1. The van der Waals surface area contributed by atoms with Gasteiger partial charge in [0.25, 0.3) is 5.91 Å². The quantitative estimate of drug-likeness (QED) is 0.734. The average Bonchev–Trinajstić information content (AvgIpc) is 3.27. The van der Waals surface area contributed by atoms with Crippen LogP contribution in [0.25, 0.3) is 0 Å². The normalized spacial score (nSPS) is 13.1. The van der Waals surface area contributed by atoms with E-state index in [1.807, 2.05) is 30.0 Å². The minimum Gasteiger partial charge on any atom is -0.465 e. The molecule has 0 aromatic heterocycles. The predicted molar refractivity (Wildman–Crippen MR) is 111 cm³/mol. The van der Waals surface area contributed by atoms with E-state index in [9.17, 15) is 14.4 Å². The second kappa shape index (κ2) is 9.23. The number of aryl methyl sites for hydroxylation is 1. The lowest BCUT2D eigenvalue weighted by molar-refractivity contribution is -0.114. The van der Waals surface area contributed by atoms with Gasteiger partial charge in [-0.15, -0.1) is 0 Å². The molecule has 2 aromatic carbocycles. The molecule has 1 fully saturated rings. The van der Waals surface area contributed by atoms with E-state index in [0.717, 1.165) is 31.5 Å². The van der Waals surface area contributed by atoms with E-state index in [0.29, 0.717) is 22.5 Å². The molecule has 7 heteroatoms. The summed E-state index contributed by atoms with van der Waals surface area (Å²) in [4.78, 5) is 38.5. The monoisotopic (exact) mass is 395 g/mol. The van der Waals surface area contributed by atoms with Crippen LogP contribution in [0.2, 0.25) is 0 Å². The lowest BCUT2D eigenvalue weighted by atomic mass is 10.0. The average molecular weight is 395 g/mol. The summed E-state index contributed by atoms with van der Waals surface area (Å²) in [6.07, 6.45) is 2.05. The smallest absolute Gasteiger partial charge is 0.337 e. The third-order valence-corrected chi connectivity index (χ3v) is 4.91. The van der Waals surface area contributed by atoms with Crippen molar-refractivity contribution in [3.05, 3.63) is 59.2 Å². The number of benzene rings is 2. The van der Waals surface area contributed by atoms with Crippen molar-refractivity contribution in [2.75, 3.05) is 37.4 Å². The highest BCUT2D eigenvalue weighted by Gasteiger charge is 2.23. The van der Waals surface area contributed by atoms with Crippen molar-refractivity contribution in [2.45, 2.75) is 19.8 Å². The molecule has 7 nitrogen and oxygen atoms in total. The number of ether oxygens (including phenoxy) is 1. The Morgan fingerprint density at radius 1 is 1.03 bits per heavy atom. The molecule has 3 rings (SSSR count). The lowest BCUT2D eigenvalue weighted by Crippen LogP contribution is -2.30. The molecule has 0 bridgehead atoms. The summed E-state index contributed by atoms with van der Waals surface area (Å²) in [6, 6.07) is 12.0. The van der Waals surface area contributed by atoms with Crippen molar-refractivity contribution >= 4 is 29.2 Å². The summed E-state index contributed by atoms with van der Waals surface area (Å²) in [5, 5.41) is 5.85. The fourth-order valence-electron chi connectivity index (χ4n) is 3.37. The van der Waals surface area contributed by atoms with Gasteiger partial charge in [-0.05, 0) is 55.7 Å². The maximum absolute atomic E-state index is 12.9. The van der Waals surface area contributed by atoms with Gasteiger partial charge in [0.15, 0.2) is 0 Å². The van der Waals surface area contributed by atoms with E-state index in [1.54, 1.807) is 24.3 Å². The molecule has 1 aliphatic heterocycles. The molecule has 2 amide bonds. The maximum Gasteiger partial charge on any atom is 0.337 e. The van der Waals surface area contributed by atoms with Crippen LogP contribution >= 0.6 is 0 Å². The van der Waals surface area contributed by atoms with Crippen molar-refractivity contribution in [1.82, 2.24) is 4.90 Å². The van der Waals surface area contributed by atoms with Crippen LogP contribution in [0.1, 0.15) is 39.1 Å². The highest BCUT2D eigenvalue weighted by Crippen LogP contribution is 2.23. The van der Waals surface area contributed by atoms with Crippen molar-refractivity contribution in [3.8, 4) is 0 Å². The molecule has 0 unspecified atom stereocenters. The molecular weight excluding hydrogens is 370 g/mol. The van der Waals surface area contributed by atoms with Gasteiger partial charge in [0.05, 0.1) is 24.8 Å². The summed E-state index contributed by atoms with van der Waals surface area (Å²) >= 11 is 0. The molecular formula is C22H25N3O4. The number of likely N-dealkylation sites (tertiary alicyclic amines) is 1. The third kappa shape index (κ3) is 4.93. The van der Waals surface area contributed by atoms with Crippen LogP contribution < -0.4 is 10.6 Å². The Bertz CT molecular complexity index is 903. The van der Waals surface area contributed by atoms with Gasteiger partial charge in [-0.3, -0.25) is 9.59 Å². The van der Waals surface area contributed by atoms with Crippen molar-refractivity contribution < 1.29 is 19.1 Å². The Morgan fingerprint density at radius 3 is 2.38 bits per heavy atom. The molecule has 1 aliphatic rings. The Morgan fingerprint density at radius 2 is 1.72 bits per heavy atom. The second-order valence-electron chi connectivity index (χ2n) is 6.97. The number of nitrogens with zero attached hydrogens (tertiary/aromatic N) is 1. The molecule has 2 N–H and O–H groups in total. The first-order valence-corrected chi connectivity index (χ1v) is 9.60. The lowest BCUT2D eigenvalue weighted by Gasteiger charge is -2.20. The molecule has 0 spiro atoms. The zero-order valence-corrected chi connectivity index (χ0v) is 16.7. The van der Waals surface area contributed by atoms with Gasteiger partial charge < -0.3 is 20.3 Å². The molecule has 0 radical (unpaired) electrons. The number of esters is 1. The molecule has 1 saturated heterocycles. The standard InChI is InChI=1S/C22H25N3O4/c1-15-6-5-7-18(20(15)21(27)25-12-3-4-13-25)23-14-19(26)24-17-10-8-16(9-11-17)22(28)29-2/h5-11,23H,3-4,12-14H2,1-2H3,(H,24,26). The van der Waals surface area contributed by atoms with Crippen LogP contribution in [0, 0.1) is 6.92 Å². The largest absolute Gasteiger partial charge is 0.465 e. The number of hydrogen-bond donors (Lipinski definition) is 2. The van der Waals surface area contributed by atoms with Gasteiger partial charge in [0.1, 0.15) is 0 Å². The van der Waals surface area contributed by atoms with Crippen molar-refractivity contribution in [3.63, 3.8) is 0 Å². The van der Waals surface area contributed by atoms with E-state index in [1.165, 1.54) is 7.11 Å². The van der Waals surface area contributed by atoms with Crippen LogP contribution in [0.5, 0.6) is 0 Å². The van der Waals surface area contributed by atoms with Crippen molar-refractivity contribution in [2.24, 2.45) is 0 Å². The second-order valence-corrected chi connectivity index (χ2v) is 6.97. The van der Waals surface area contributed by atoms with E-state index >= 15 is 0 Å².